The molecule has 0 saturated carbocycles. The number of likely N-dealkylation sites (tertiary alicyclic amines) is 1. The van der Waals surface area contributed by atoms with E-state index in [2.05, 4.69) is 0 Å². The lowest BCUT2D eigenvalue weighted by Crippen LogP contribution is -2.57. The van der Waals surface area contributed by atoms with Crippen molar-refractivity contribution >= 4 is 52.4 Å². The van der Waals surface area contributed by atoms with Crippen molar-refractivity contribution in [1.82, 2.24) is 9.47 Å². The number of halogens is 5. The molecule has 4 rings (SSSR count). The van der Waals surface area contributed by atoms with Gasteiger partial charge in [0, 0.05) is 58.4 Å². The summed E-state index contributed by atoms with van der Waals surface area (Å²) in [7, 11) is 0. The van der Waals surface area contributed by atoms with E-state index in [1.54, 1.807) is 36.4 Å². The van der Waals surface area contributed by atoms with Gasteiger partial charge in [0.25, 0.3) is 5.92 Å². The van der Waals surface area contributed by atoms with Gasteiger partial charge in [0.1, 0.15) is 5.54 Å². The summed E-state index contributed by atoms with van der Waals surface area (Å²) in [5, 5.41) is 1.40. The third kappa shape index (κ3) is 8.29. The molecule has 1 saturated heterocycles. The summed E-state index contributed by atoms with van der Waals surface area (Å²) < 4.78 is 30.4. The van der Waals surface area contributed by atoms with Gasteiger partial charge >= 0.3 is 0 Å². The zero-order valence-corrected chi connectivity index (χ0v) is 28.0. The smallest absolute Gasteiger partial charge is 0.261 e. The van der Waals surface area contributed by atoms with E-state index < -0.39 is 29.8 Å². The second-order valence-electron chi connectivity index (χ2n) is 11.9. The number of Topliss-reactive ketones (excluding diaryl/α,β-unsaturated/α-hetero) is 1. The number of nitrogens with two attached hydrogens (primary N) is 2. The van der Waals surface area contributed by atoms with Crippen LogP contribution in [0.3, 0.4) is 0 Å². The fraction of sp³-hybridized carbons (Fsp3) is 0.441. The van der Waals surface area contributed by atoms with Gasteiger partial charge in [-0.25, -0.2) is 8.78 Å². The molecule has 2 heterocycles. The minimum atomic E-state index is -2.89. The van der Waals surface area contributed by atoms with Crippen LogP contribution in [0.15, 0.2) is 48.5 Å². The molecule has 4 N–H and O–H groups in total. The molecular weight excluding hydrogens is 657 g/mol. The van der Waals surface area contributed by atoms with Crippen LogP contribution in [0.25, 0.3) is 16.9 Å². The molecule has 3 aromatic rings. The second kappa shape index (κ2) is 15.3. The molecule has 1 fully saturated rings. The average Bonchev–Trinajstić information content (AvgIpc) is 3.55. The van der Waals surface area contributed by atoms with Crippen molar-refractivity contribution < 1.29 is 23.2 Å². The Bertz CT molecular complexity index is 1580. The summed E-state index contributed by atoms with van der Waals surface area (Å²) >= 11 is 19.1. The largest absolute Gasteiger partial charge is 0.370 e. The number of nitrogens with zero attached hydrogens (tertiary/aromatic N) is 2. The molecule has 0 bridgehead atoms. The molecule has 46 heavy (non-hydrogen) atoms. The third-order valence-corrected chi connectivity index (χ3v) is 9.47. The highest BCUT2D eigenvalue weighted by Crippen LogP contribution is 2.39. The van der Waals surface area contributed by atoms with E-state index in [0.29, 0.717) is 69.7 Å². The van der Waals surface area contributed by atoms with Gasteiger partial charge in [0.05, 0.1) is 17.3 Å². The van der Waals surface area contributed by atoms with Gasteiger partial charge in [0.15, 0.2) is 5.78 Å². The van der Waals surface area contributed by atoms with E-state index in [9.17, 15) is 23.2 Å². The van der Waals surface area contributed by atoms with Crippen molar-refractivity contribution in [2.24, 2.45) is 11.5 Å². The van der Waals surface area contributed by atoms with E-state index in [0.717, 1.165) is 5.69 Å². The normalized spacial score (nSPS) is 16.0. The first-order chi connectivity index (χ1) is 21.8. The Hall–Kier alpha value is -2.98. The molecule has 1 aliphatic heterocycles. The number of hydrogen-bond acceptors (Lipinski definition) is 4. The molecule has 248 valence electrons. The maximum Gasteiger partial charge on any atom is 0.261 e. The molecule has 0 aliphatic carbocycles. The Kier molecular flexibility index (Phi) is 11.9. The monoisotopic (exact) mass is 694 g/mol. The Morgan fingerprint density at radius 3 is 2.20 bits per heavy atom. The number of benzene rings is 2. The minimum Gasteiger partial charge on any atom is -0.370 e. The highest BCUT2D eigenvalue weighted by Gasteiger charge is 2.50. The van der Waals surface area contributed by atoms with Gasteiger partial charge < -0.3 is 16.0 Å². The average molecular weight is 696 g/mol. The molecule has 1 unspecified atom stereocenters. The molecule has 1 aliphatic rings. The zero-order chi connectivity index (χ0) is 33.6. The second-order valence-corrected chi connectivity index (χ2v) is 13.2. The number of primary amides is 2. The summed E-state index contributed by atoms with van der Waals surface area (Å²) in [4.78, 5) is 39.8. The number of alkyl halides is 2. The van der Waals surface area contributed by atoms with Gasteiger partial charge in [-0.05, 0) is 87.1 Å². The summed E-state index contributed by atoms with van der Waals surface area (Å²) in [6, 6.07) is 14.1. The number of amides is 2. The first-order valence-electron chi connectivity index (χ1n) is 15.5. The predicted octanol–water partition coefficient (Wildman–Crippen LogP) is 8.02. The van der Waals surface area contributed by atoms with Gasteiger partial charge in [0.2, 0.25) is 11.8 Å². The lowest BCUT2D eigenvalue weighted by molar-refractivity contribution is -0.132. The fourth-order valence-electron chi connectivity index (χ4n) is 6.44. The first-order valence-corrected chi connectivity index (χ1v) is 16.6. The first kappa shape index (κ1) is 35.9. The third-order valence-electron chi connectivity index (χ3n) is 8.67. The van der Waals surface area contributed by atoms with Crippen LogP contribution in [0, 0.1) is 0 Å². The Morgan fingerprint density at radius 2 is 1.61 bits per heavy atom. The van der Waals surface area contributed by atoms with E-state index in [-0.39, 0.29) is 44.4 Å². The van der Waals surface area contributed by atoms with Crippen LogP contribution in [-0.4, -0.2) is 51.6 Å². The lowest BCUT2D eigenvalue weighted by atomic mass is 9.84. The van der Waals surface area contributed by atoms with Crippen molar-refractivity contribution in [3.63, 3.8) is 0 Å². The van der Waals surface area contributed by atoms with Crippen LogP contribution in [-0.2, 0) is 16.0 Å². The highest BCUT2D eigenvalue weighted by atomic mass is 35.5. The topological polar surface area (TPSA) is 111 Å². The predicted molar refractivity (Wildman–Crippen MR) is 179 cm³/mol. The number of aromatic nitrogens is 1. The molecule has 12 heteroatoms. The summed E-state index contributed by atoms with van der Waals surface area (Å²) in [6.07, 6.45) is 2.85. The number of ketones is 1. The van der Waals surface area contributed by atoms with Gasteiger partial charge in [-0.1, -0.05) is 48.1 Å². The van der Waals surface area contributed by atoms with Crippen LogP contribution in [0.1, 0.15) is 80.8 Å². The Balaban J connectivity index is 1.72. The highest BCUT2D eigenvalue weighted by molar-refractivity contribution is 6.36. The SMILES string of the molecule is CCCC(CCCC(=O)c1cc(-c2ccc(Cl)cc2Cl)n(-c2ccc(Cl)cc2)c1CCCCC(N)=O)(C(N)=O)N1CCC(F)(F)C1. The Labute approximate surface area is 283 Å². The maximum absolute atomic E-state index is 14.2. The van der Waals surface area contributed by atoms with Crippen molar-refractivity contribution in [3.8, 4) is 16.9 Å². The number of carbonyl (C=O) groups is 3. The van der Waals surface area contributed by atoms with E-state index in [1.807, 2.05) is 23.6 Å². The number of hydrogen-bond donors (Lipinski definition) is 2. The van der Waals surface area contributed by atoms with Crippen LogP contribution in [0.2, 0.25) is 15.1 Å². The minimum absolute atomic E-state index is 0.0640. The Morgan fingerprint density at radius 1 is 0.913 bits per heavy atom. The molecule has 2 aromatic carbocycles. The summed E-state index contributed by atoms with van der Waals surface area (Å²) in [5.74, 6) is -4.12. The van der Waals surface area contributed by atoms with E-state index >= 15 is 0 Å². The summed E-state index contributed by atoms with van der Waals surface area (Å²) in [6.45, 7) is 1.41. The zero-order valence-electron chi connectivity index (χ0n) is 25.8. The fourth-order valence-corrected chi connectivity index (χ4v) is 7.08. The van der Waals surface area contributed by atoms with Crippen molar-refractivity contribution in [1.29, 1.82) is 0 Å². The van der Waals surface area contributed by atoms with Crippen molar-refractivity contribution in [3.05, 3.63) is 74.9 Å². The van der Waals surface area contributed by atoms with Gasteiger partial charge in [-0.2, -0.15) is 0 Å². The number of carbonyl (C=O) groups excluding carboxylic acids is 3. The molecule has 7 nitrogen and oxygen atoms in total. The van der Waals surface area contributed by atoms with Crippen molar-refractivity contribution in [2.75, 3.05) is 13.1 Å². The molecule has 2 amide bonds. The molecule has 1 aromatic heterocycles. The molecular formula is C34H39Cl3F2N4O3. The number of unbranched alkanes of at least 4 members (excludes halogenated alkanes) is 1. The van der Waals surface area contributed by atoms with Crippen LogP contribution < -0.4 is 11.5 Å². The molecule has 0 spiro atoms. The summed E-state index contributed by atoms with van der Waals surface area (Å²) in [5.41, 5.74) is 13.2. The molecule has 0 radical (unpaired) electrons. The lowest BCUT2D eigenvalue weighted by Gasteiger charge is -2.39. The van der Waals surface area contributed by atoms with Crippen LogP contribution >= 0.6 is 34.8 Å². The van der Waals surface area contributed by atoms with Crippen LogP contribution in [0.4, 0.5) is 8.78 Å². The van der Waals surface area contributed by atoms with Crippen LogP contribution in [0.5, 0.6) is 0 Å². The van der Waals surface area contributed by atoms with E-state index in [1.165, 1.54) is 4.90 Å². The standard InChI is InChI=1S/C34H39Cl3F2N4O3/c1-2-15-33(32(41)46,42-18-17-34(38,39)21-42)16-5-7-30(44)26-20-29(25-14-11-23(36)19-27(25)37)43(24-12-9-22(35)10-13-24)28(26)6-3-4-8-31(40)45/h9-14,19-20H,2-8,15-18,21H2,1H3,(H2,40,45)(H2,41,46). The van der Waals surface area contributed by atoms with Gasteiger partial charge in [-0.15, -0.1) is 0 Å². The van der Waals surface area contributed by atoms with Gasteiger partial charge in [-0.3, -0.25) is 19.3 Å². The molecule has 1 atom stereocenters. The number of rotatable bonds is 16. The quantitative estimate of drug-likeness (QED) is 0.117. The van der Waals surface area contributed by atoms with Crippen molar-refractivity contribution in [2.45, 2.75) is 82.6 Å². The van der Waals surface area contributed by atoms with E-state index in [4.69, 9.17) is 46.3 Å². The maximum atomic E-state index is 14.2.